The third-order valence-electron chi connectivity index (χ3n) is 1.94. The molecule has 0 aliphatic rings. The minimum absolute atomic E-state index is 0.0677. The fourth-order valence-electron chi connectivity index (χ4n) is 1.13. The van der Waals surface area contributed by atoms with Gasteiger partial charge in [0.25, 0.3) is 9.05 Å². The molecule has 0 unspecified atom stereocenters. The largest absolute Gasteiger partial charge is 0.462 e. The summed E-state index contributed by atoms with van der Waals surface area (Å²) in [6, 6.07) is 2.11. The van der Waals surface area contributed by atoms with Gasteiger partial charge in [-0.05, 0) is 18.6 Å². The zero-order chi connectivity index (χ0) is 13.9. The van der Waals surface area contributed by atoms with Gasteiger partial charge in [-0.3, -0.25) is 0 Å². The first-order valence-electron chi connectivity index (χ1n) is 4.88. The SMILES string of the molecule is CCCOC(=O)c1cc(S(=O)(=O)Cl)cc(Cl)c1Cl. The molecule has 8 heteroatoms. The lowest BCUT2D eigenvalue weighted by Gasteiger charge is -2.08. The predicted octanol–water partition coefficient (Wildman–Crippen LogP) is 3.49. The maximum absolute atomic E-state index is 11.7. The van der Waals surface area contributed by atoms with Gasteiger partial charge in [-0.25, -0.2) is 13.2 Å². The van der Waals surface area contributed by atoms with E-state index < -0.39 is 15.0 Å². The smallest absolute Gasteiger partial charge is 0.339 e. The van der Waals surface area contributed by atoms with Crippen LogP contribution in [0.4, 0.5) is 0 Å². The molecule has 0 saturated carbocycles. The second-order valence-corrected chi connectivity index (χ2v) is 6.69. The quantitative estimate of drug-likeness (QED) is 0.626. The van der Waals surface area contributed by atoms with Crippen LogP contribution in [0.15, 0.2) is 17.0 Å². The first-order valence-corrected chi connectivity index (χ1v) is 7.94. The molecule has 4 nitrogen and oxygen atoms in total. The van der Waals surface area contributed by atoms with Crippen LogP contribution in [-0.2, 0) is 13.8 Å². The van der Waals surface area contributed by atoms with Crippen molar-refractivity contribution in [1.82, 2.24) is 0 Å². The summed E-state index contributed by atoms with van der Waals surface area (Å²) in [5, 5.41) is -0.149. The Bertz CT molecular complexity index is 569. The van der Waals surface area contributed by atoms with Crippen molar-refractivity contribution in [2.75, 3.05) is 6.61 Å². The van der Waals surface area contributed by atoms with Crippen molar-refractivity contribution in [2.24, 2.45) is 0 Å². The molecule has 0 aliphatic carbocycles. The number of carbonyl (C=O) groups excluding carboxylic acids is 1. The molecule has 0 radical (unpaired) electrons. The highest BCUT2D eigenvalue weighted by Gasteiger charge is 2.20. The molecular weight excluding hydrogens is 323 g/mol. The second-order valence-electron chi connectivity index (χ2n) is 3.34. The van der Waals surface area contributed by atoms with Gasteiger partial charge >= 0.3 is 5.97 Å². The van der Waals surface area contributed by atoms with Crippen molar-refractivity contribution in [1.29, 1.82) is 0 Å². The summed E-state index contributed by atoms with van der Waals surface area (Å²) < 4.78 is 27.3. The molecule has 0 amide bonds. The van der Waals surface area contributed by atoms with Crippen molar-refractivity contribution in [2.45, 2.75) is 18.2 Å². The van der Waals surface area contributed by atoms with Gasteiger partial charge < -0.3 is 4.74 Å². The third kappa shape index (κ3) is 3.75. The summed E-state index contributed by atoms with van der Waals surface area (Å²) in [6.07, 6.45) is 0.630. The normalized spacial score (nSPS) is 11.3. The Kier molecular flexibility index (Phi) is 5.28. The molecule has 1 rings (SSSR count). The Morgan fingerprint density at radius 3 is 2.44 bits per heavy atom. The minimum atomic E-state index is -4.00. The van der Waals surface area contributed by atoms with E-state index >= 15 is 0 Å². The van der Waals surface area contributed by atoms with E-state index in [1.807, 2.05) is 6.92 Å². The number of hydrogen-bond acceptors (Lipinski definition) is 4. The fourth-order valence-corrected chi connectivity index (χ4v) is 2.38. The van der Waals surface area contributed by atoms with Crippen molar-refractivity contribution >= 4 is 48.9 Å². The molecule has 1 aromatic rings. The van der Waals surface area contributed by atoms with Crippen LogP contribution in [0.25, 0.3) is 0 Å². The Morgan fingerprint density at radius 2 is 1.94 bits per heavy atom. The summed E-state index contributed by atoms with van der Waals surface area (Å²) in [5.41, 5.74) is -0.128. The number of esters is 1. The number of ether oxygens (including phenoxy) is 1. The lowest BCUT2D eigenvalue weighted by molar-refractivity contribution is 0.0505. The summed E-state index contributed by atoms with van der Waals surface area (Å²) >= 11 is 11.6. The highest BCUT2D eigenvalue weighted by atomic mass is 35.7. The Morgan fingerprint density at radius 1 is 1.33 bits per heavy atom. The first kappa shape index (κ1) is 15.6. The average molecular weight is 332 g/mol. The molecule has 0 spiro atoms. The zero-order valence-corrected chi connectivity index (χ0v) is 12.3. The minimum Gasteiger partial charge on any atom is -0.462 e. The lowest BCUT2D eigenvalue weighted by atomic mass is 10.2. The van der Waals surface area contributed by atoms with Crippen LogP contribution in [0, 0.1) is 0 Å². The first-order chi connectivity index (χ1) is 8.27. The number of halogens is 3. The molecule has 0 aliphatic heterocycles. The second kappa shape index (κ2) is 6.10. The Balaban J connectivity index is 3.27. The standard InChI is InChI=1S/C10H9Cl3O4S/c1-2-3-17-10(14)7-4-6(18(13,15)16)5-8(11)9(7)12/h4-5H,2-3H2,1H3. The predicted molar refractivity (Wildman–Crippen MR) is 70.1 cm³/mol. The molecule has 18 heavy (non-hydrogen) atoms. The zero-order valence-electron chi connectivity index (χ0n) is 9.24. The van der Waals surface area contributed by atoms with E-state index in [1.54, 1.807) is 0 Å². The summed E-state index contributed by atoms with van der Waals surface area (Å²) in [4.78, 5) is 11.3. The molecule has 0 saturated heterocycles. The van der Waals surface area contributed by atoms with Crippen LogP contribution < -0.4 is 0 Å². The molecular formula is C10H9Cl3O4S. The van der Waals surface area contributed by atoms with Gasteiger partial charge in [0.2, 0.25) is 0 Å². The van der Waals surface area contributed by atoms with Crippen molar-refractivity contribution in [3.05, 3.63) is 27.7 Å². The highest BCUT2D eigenvalue weighted by Crippen LogP contribution is 2.31. The van der Waals surface area contributed by atoms with Crippen LogP contribution >= 0.6 is 33.9 Å². The van der Waals surface area contributed by atoms with Gasteiger partial charge in [0.05, 0.1) is 27.1 Å². The van der Waals surface area contributed by atoms with Gasteiger partial charge in [-0.1, -0.05) is 30.1 Å². The van der Waals surface area contributed by atoms with E-state index in [9.17, 15) is 13.2 Å². The third-order valence-corrected chi connectivity index (χ3v) is 4.08. The topological polar surface area (TPSA) is 60.4 Å². The maximum atomic E-state index is 11.7. The monoisotopic (exact) mass is 330 g/mol. The highest BCUT2D eigenvalue weighted by molar-refractivity contribution is 8.13. The molecule has 1 aromatic carbocycles. The number of benzene rings is 1. The Hall–Kier alpha value is -0.490. The van der Waals surface area contributed by atoms with Crippen molar-refractivity contribution in [3.8, 4) is 0 Å². The van der Waals surface area contributed by atoms with Crippen LogP contribution in [0.5, 0.6) is 0 Å². The molecule has 0 bridgehead atoms. The molecule has 0 N–H and O–H groups in total. The fraction of sp³-hybridized carbons (Fsp3) is 0.300. The molecule has 100 valence electrons. The number of rotatable bonds is 4. The van der Waals surface area contributed by atoms with Gasteiger partial charge in [0.1, 0.15) is 0 Å². The van der Waals surface area contributed by atoms with Gasteiger partial charge in [-0.2, -0.15) is 0 Å². The van der Waals surface area contributed by atoms with E-state index in [2.05, 4.69) is 0 Å². The number of hydrogen-bond donors (Lipinski definition) is 0. The van der Waals surface area contributed by atoms with E-state index in [0.29, 0.717) is 6.42 Å². The van der Waals surface area contributed by atoms with E-state index in [1.165, 1.54) is 0 Å². The summed E-state index contributed by atoms with van der Waals surface area (Å²) in [7, 11) is 1.19. The van der Waals surface area contributed by atoms with Gasteiger partial charge in [0.15, 0.2) is 0 Å². The molecule has 0 fully saturated rings. The molecule has 0 aromatic heterocycles. The van der Waals surface area contributed by atoms with Crippen molar-refractivity contribution < 1.29 is 17.9 Å². The van der Waals surface area contributed by atoms with Crippen LogP contribution in [-0.4, -0.2) is 21.0 Å². The van der Waals surface area contributed by atoms with Crippen molar-refractivity contribution in [3.63, 3.8) is 0 Å². The number of carbonyl (C=O) groups is 1. The van der Waals surface area contributed by atoms with Crippen LogP contribution in [0.1, 0.15) is 23.7 Å². The average Bonchev–Trinajstić information content (AvgIpc) is 2.27. The van der Waals surface area contributed by atoms with E-state index in [-0.39, 0.29) is 27.1 Å². The summed E-state index contributed by atoms with van der Waals surface area (Å²) in [5.74, 6) is -0.745. The van der Waals surface area contributed by atoms with Gasteiger partial charge in [-0.15, -0.1) is 0 Å². The summed E-state index contributed by atoms with van der Waals surface area (Å²) in [6.45, 7) is 2.02. The lowest BCUT2D eigenvalue weighted by Crippen LogP contribution is -2.08. The maximum Gasteiger partial charge on any atom is 0.339 e. The van der Waals surface area contributed by atoms with E-state index in [4.69, 9.17) is 38.6 Å². The Labute approximate surface area is 119 Å². The van der Waals surface area contributed by atoms with E-state index in [0.717, 1.165) is 12.1 Å². The molecule has 0 heterocycles. The molecule has 0 atom stereocenters. The van der Waals surface area contributed by atoms with Crippen LogP contribution in [0.2, 0.25) is 10.0 Å². The van der Waals surface area contributed by atoms with Crippen LogP contribution in [0.3, 0.4) is 0 Å². The van der Waals surface area contributed by atoms with Gasteiger partial charge in [0, 0.05) is 10.7 Å².